The third kappa shape index (κ3) is 3.19. The molecule has 0 fully saturated rings. The summed E-state index contributed by atoms with van der Waals surface area (Å²) in [5.74, 6) is 2.45. The quantitative estimate of drug-likeness (QED) is 0.813. The predicted octanol–water partition coefficient (Wildman–Crippen LogP) is 2.07. The van der Waals surface area contributed by atoms with E-state index in [1.165, 1.54) is 0 Å². The lowest BCUT2D eigenvalue weighted by Crippen LogP contribution is -2.06. The van der Waals surface area contributed by atoms with Gasteiger partial charge in [0.2, 0.25) is 0 Å². The maximum absolute atomic E-state index is 4.78. The molecule has 0 aliphatic rings. The second-order valence-corrected chi connectivity index (χ2v) is 3.90. The van der Waals surface area contributed by atoms with Crippen molar-refractivity contribution in [3.63, 3.8) is 0 Å². The molecule has 0 amide bonds. The summed E-state index contributed by atoms with van der Waals surface area (Å²) in [5, 5.41) is 10.1. The van der Waals surface area contributed by atoms with Gasteiger partial charge >= 0.3 is 0 Å². The molecule has 0 atom stereocenters. The summed E-state index contributed by atoms with van der Waals surface area (Å²) < 4.78 is 4.78. The highest BCUT2D eigenvalue weighted by Gasteiger charge is 2.04. The molecule has 18 heavy (non-hydrogen) atoms. The van der Waals surface area contributed by atoms with Gasteiger partial charge in [-0.1, -0.05) is 12.1 Å². The molecular formula is C12H17N5O. The molecule has 2 aromatic heterocycles. The van der Waals surface area contributed by atoms with Gasteiger partial charge < -0.3 is 15.2 Å². The highest BCUT2D eigenvalue weighted by atomic mass is 16.5. The molecule has 0 saturated heterocycles. The molecule has 96 valence electrons. The average molecular weight is 247 g/mol. The SMILES string of the molecule is CCCc1nc(NC)cc(NCc2ccon2)n1. The number of aromatic nitrogens is 3. The smallest absolute Gasteiger partial charge is 0.133 e. The van der Waals surface area contributed by atoms with Crippen LogP contribution in [0.1, 0.15) is 24.9 Å². The molecule has 0 aromatic carbocycles. The van der Waals surface area contributed by atoms with Crippen molar-refractivity contribution in [3.05, 3.63) is 29.9 Å². The van der Waals surface area contributed by atoms with Gasteiger partial charge in [-0.05, 0) is 6.42 Å². The van der Waals surface area contributed by atoms with Crippen LogP contribution in [0.15, 0.2) is 22.9 Å². The van der Waals surface area contributed by atoms with Crippen LogP contribution < -0.4 is 10.6 Å². The van der Waals surface area contributed by atoms with Crippen LogP contribution >= 0.6 is 0 Å². The van der Waals surface area contributed by atoms with Gasteiger partial charge in [0.1, 0.15) is 29.4 Å². The Kier molecular flexibility index (Phi) is 4.11. The monoisotopic (exact) mass is 247 g/mol. The number of rotatable bonds is 6. The topological polar surface area (TPSA) is 75.9 Å². The molecule has 6 heteroatoms. The first-order chi connectivity index (χ1) is 8.81. The molecule has 0 aliphatic carbocycles. The van der Waals surface area contributed by atoms with E-state index in [-0.39, 0.29) is 0 Å². The zero-order valence-electron chi connectivity index (χ0n) is 10.6. The summed E-state index contributed by atoms with van der Waals surface area (Å²) >= 11 is 0. The van der Waals surface area contributed by atoms with Gasteiger partial charge in [-0.3, -0.25) is 0 Å². The fourth-order valence-corrected chi connectivity index (χ4v) is 1.56. The molecule has 2 N–H and O–H groups in total. The minimum absolute atomic E-state index is 0.586. The van der Waals surface area contributed by atoms with E-state index in [1.807, 2.05) is 19.2 Å². The summed E-state index contributed by atoms with van der Waals surface area (Å²) in [5.41, 5.74) is 0.844. The summed E-state index contributed by atoms with van der Waals surface area (Å²) in [7, 11) is 1.85. The number of nitrogens with one attached hydrogen (secondary N) is 2. The van der Waals surface area contributed by atoms with E-state index in [4.69, 9.17) is 4.52 Å². The molecule has 6 nitrogen and oxygen atoms in total. The second-order valence-electron chi connectivity index (χ2n) is 3.90. The van der Waals surface area contributed by atoms with Gasteiger partial charge in [0.25, 0.3) is 0 Å². The molecule has 0 saturated carbocycles. The van der Waals surface area contributed by atoms with Gasteiger partial charge in [0.05, 0.1) is 6.54 Å². The number of nitrogens with zero attached hydrogens (tertiary/aromatic N) is 3. The Balaban J connectivity index is 2.08. The lowest BCUT2D eigenvalue weighted by Gasteiger charge is -2.08. The first-order valence-electron chi connectivity index (χ1n) is 6.00. The zero-order valence-corrected chi connectivity index (χ0v) is 10.6. The second kappa shape index (κ2) is 6.00. The van der Waals surface area contributed by atoms with Crippen molar-refractivity contribution < 1.29 is 4.52 Å². The lowest BCUT2D eigenvalue weighted by molar-refractivity contribution is 0.412. The standard InChI is InChI=1S/C12H17N5O/c1-3-4-10-15-11(13-2)7-12(16-10)14-8-9-5-6-18-17-9/h5-7H,3-4,8H2,1-2H3,(H2,13,14,15,16). The predicted molar refractivity (Wildman–Crippen MR) is 69.4 cm³/mol. The number of hydrogen-bond acceptors (Lipinski definition) is 6. The van der Waals surface area contributed by atoms with Gasteiger partial charge in [0, 0.05) is 25.6 Å². The average Bonchev–Trinajstić information content (AvgIpc) is 2.89. The van der Waals surface area contributed by atoms with E-state index in [0.29, 0.717) is 6.54 Å². The third-order valence-corrected chi connectivity index (χ3v) is 2.44. The molecule has 2 aromatic rings. The Bertz CT molecular complexity index is 483. The van der Waals surface area contributed by atoms with Crippen molar-refractivity contribution in [1.29, 1.82) is 0 Å². The van der Waals surface area contributed by atoms with E-state index in [2.05, 4.69) is 32.7 Å². The third-order valence-electron chi connectivity index (χ3n) is 2.44. The molecule has 0 unspecified atom stereocenters. The molecule has 0 spiro atoms. The Morgan fingerprint density at radius 3 is 2.78 bits per heavy atom. The van der Waals surface area contributed by atoms with Crippen LogP contribution in [0.25, 0.3) is 0 Å². The largest absolute Gasteiger partial charge is 0.373 e. The first-order valence-corrected chi connectivity index (χ1v) is 6.00. The van der Waals surface area contributed by atoms with Crippen molar-refractivity contribution in [1.82, 2.24) is 15.1 Å². The number of aryl methyl sites for hydroxylation is 1. The van der Waals surface area contributed by atoms with Crippen LogP contribution in [-0.4, -0.2) is 22.2 Å². The molecular weight excluding hydrogens is 230 g/mol. The minimum atomic E-state index is 0.586. The van der Waals surface area contributed by atoms with E-state index in [1.54, 1.807) is 6.26 Å². The van der Waals surface area contributed by atoms with Crippen LogP contribution in [0.4, 0.5) is 11.6 Å². The van der Waals surface area contributed by atoms with Crippen molar-refractivity contribution in [3.8, 4) is 0 Å². The van der Waals surface area contributed by atoms with Crippen LogP contribution in [0.3, 0.4) is 0 Å². The van der Waals surface area contributed by atoms with Gasteiger partial charge in [-0.25, -0.2) is 9.97 Å². The van der Waals surface area contributed by atoms with Gasteiger partial charge in [-0.15, -0.1) is 0 Å². The summed E-state index contributed by atoms with van der Waals surface area (Å²) in [4.78, 5) is 8.84. The van der Waals surface area contributed by atoms with Crippen molar-refractivity contribution in [2.45, 2.75) is 26.3 Å². The molecule has 0 radical (unpaired) electrons. The Labute approximate surface area is 106 Å². The normalized spacial score (nSPS) is 10.3. The summed E-state index contributed by atoms with van der Waals surface area (Å²) in [6.45, 7) is 2.69. The number of hydrogen-bond donors (Lipinski definition) is 2. The minimum Gasteiger partial charge on any atom is -0.373 e. The molecule has 0 aliphatic heterocycles. The Hall–Kier alpha value is -2.11. The summed E-state index contributed by atoms with van der Waals surface area (Å²) in [6.07, 6.45) is 3.45. The van der Waals surface area contributed by atoms with Crippen LogP contribution in [0, 0.1) is 0 Å². The van der Waals surface area contributed by atoms with Crippen molar-refractivity contribution in [2.24, 2.45) is 0 Å². The maximum Gasteiger partial charge on any atom is 0.133 e. The van der Waals surface area contributed by atoms with Gasteiger partial charge in [0.15, 0.2) is 0 Å². The summed E-state index contributed by atoms with van der Waals surface area (Å²) in [6, 6.07) is 3.69. The molecule has 0 bridgehead atoms. The highest BCUT2D eigenvalue weighted by Crippen LogP contribution is 2.12. The van der Waals surface area contributed by atoms with Crippen LogP contribution in [0.2, 0.25) is 0 Å². The Morgan fingerprint density at radius 2 is 2.11 bits per heavy atom. The highest BCUT2D eigenvalue weighted by molar-refractivity contribution is 5.47. The van der Waals surface area contributed by atoms with Crippen molar-refractivity contribution >= 4 is 11.6 Å². The van der Waals surface area contributed by atoms with E-state index in [9.17, 15) is 0 Å². The lowest BCUT2D eigenvalue weighted by atomic mass is 10.3. The number of anilines is 2. The van der Waals surface area contributed by atoms with Crippen LogP contribution in [0.5, 0.6) is 0 Å². The molecule has 2 heterocycles. The van der Waals surface area contributed by atoms with E-state index in [0.717, 1.165) is 36.0 Å². The van der Waals surface area contributed by atoms with Gasteiger partial charge in [-0.2, -0.15) is 0 Å². The van der Waals surface area contributed by atoms with Crippen molar-refractivity contribution in [2.75, 3.05) is 17.7 Å². The van der Waals surface area contributed by atoms with E-state index >= 15 is 0 Å². The maximum atomic E-state index is 4.78. The zero-order chi connectivity index (χ0) is 12.8. The Morgan fingerprint density at radius 1 is 1.28 bits per heavy atom. The first kappa shape index (κ1) is 12.3. The molecule has 2 rings (SSSR count). The van der Waals surface area contributed by atoms with E-state index < -0.39 is 0 Å². The fourth-order valence-electron chi connectivity index (χ4n) is 1.56. The fraction of sp³-hybridized carbons (Fsp3) is 0.417. The van der Waals surface area contributed by atoms with Crippen LogP contribution in [-0.2, 0) is 13.0 Å².